The van der Waals surface area contributed by atoms with Crippen molar-refractivity contribution in [3.63, 3.8) is 0 Å². The van der Waals surface area contributed by atoms with E-state index in [1.165, 1.54) is 23.8 Å². The predicted molar refractivity (Wildman–Crippen MR) is 173 cm³/mol. The van der Waals surface area contributed by atoms with E-state index in [9.17, 15) is 14.7 Å². The van der Waals surface area contributed by atoms with Crippen LogP contribution in [0.25, 0.3) is 11.1 Å². The van der Waals surface area contributed by atoms with E-state index in [1.54, 1.807) is 21.9 Å². The van der Waals surface area contributed by atoms with E-state index in [2.05, 4.69) is 0 Å². The lowest BCUT2D eigenvalue weighted by Crippen LogP contribution is -2.32. The zero-order valence-electron chi connectivity index (χ0n) is 23.6. The molecule has 214 valence electrons. The fourth-order valence-corrected chi connectivity index (χ4v) is 7.33. The summed E-state index contributed by atoms with van der Waals surface area (Å²) in [6.07, 6.45) is 5.29. The lowest BCUT2D eigenvalue weighted by Gasteiger charge is -2.25. The molecule has 2 amide bonds. The van der Waals surface area contributed by atoms with Gasteiger partial charge in [0.25, 0.3) is 5.91 Å². The quantitative estimate of drug-likeness (QED) is 0.242. The Morgan fingerprint density at radius 3 is 2.00 bits per heavy atom. The molecule has 7 rings (SSSR count). The number of amidine groups is 1. The number of nitrogens with zero attached hydrogens (tertiary/aromatic N) is 3. The molecule has 1 saturated heterocycles. The molecular weight excluding hydrogens is 554 g/mol. The molecule has 0 spiro atoms. The van der Waals surface area contributed by atoms with E-state index in [0.717, 1.165) is 59.3 Å². The first-order valence-corrected chi connectivity index (χ1v) is 15.8. The summed E-state index contributed by atoms with van der Waals surface area (Å²) in [5.41, 5.74) is 7.00. The predicted octanol–water partition coefficient (Wildman–Crippen LogP) is 7.85. The van der Waals surface area contributed by atoms with Crippen molar-refractivity contribution in [2.45, 2.75) is 37.5 Å². The topological polar surface area (TPSA) is 73.2 Å². The van der Waals surface area contributed by atoms with Crippen LogP contribution in [0.5, 0.6) is 5.75 Å². The van der Waals surface area contributed by atoms with E-state index in [1.807, 2.05) is 91.0 Å². The third kappa shape index (κ3) is 5.14. The van der Waals surface area contributed by atoms with E-state index in [-0.39, 0.29) is 22.9 Å². The first-order valence-electron chi connectivity index (χ1n) is 14.7. The summed E-state index contributed by atoms with van der Waals surface area (Å²) in [7, 11) is 0. The van der Waals surface area contributed by atoms with Crippen LogP contribution in [-0.4, -0.2) is 28.5 Å². The minimum absolute atomic E-state index is 0.0177. The smallest absolute Gasteiger partial charge is 0.282 e. The van der Waals surface area contributed by atoms with Crippen LogP contribution in [0.4, 0.5) is 11.4 Å². The van der Waals surface area contributed by atoms with Crippen molar-refractivity contribution in [1.82, 2.24) is 0 Å². The van der Waals surface area contributed by atoms with Gasteiger partial charge in [0, 0.05) is 16.8 Å². The zero-order valence-corrected chi connectivity index (χ0v) is 24.5. The largest absolute Gasteiger partial charge is 0.508 e. The van der Waals surface area contributed by atoms with Crippen LogP contribution in [0.2, 0.25) is 0 Å². The number of benzene rings is 4. The lowest BCUT2D eigenvalue weighted by atomic mass is 9.93. The zero-order chi connectivity index (χ0) is 29.3. The van der Waals surface area contributed by atoms with Crippen molar-refractivity contribution >= 4 is 40.8 Å². The summed E-state index contributed by atoms with van der Waals surface area (Å²) < 4.78 is 0. The number of anilines is 2. The Morgan fingerprint density at radius 1 is 0.698 bits per heavy atom. The van der Waals surface area contributed by atoms with Crippen molar-refractivity contribution in [2.24, 2.45) is 4.99 Å². The summed E-state index contributed by atoms with van der Waals surface area (Å²) in [6.45, 7) is 0. The van der Waals surface area contributed by atoms with Crippen LogP contribution in [0, 0.1) is 0 Å². The number of phenolic OH excluding ortho intramolecular Hbond substituents is 1. The van der Waals surface area contributed by atoms with Gasteiger partial charge >= 0.3 is 0 Å². The highest BCUT2D eigenvalue weighted by Crippen LogP contribution is 2.45. The molecule has 0 aromatic heterocycles. The first-order chi connectivity index (χ1) is 21.1. The second-order valence-corrected chi connectivity index (χ2v) is 12.1. The van der Waals surface area contributed by atoms with Gasteiger partial charge in [-0.3, -0.25) is 19.4 Å². The molecular formula is C36H31N3O3S. The SMILES string of the molecule is O=C1C(=C2CCCCC2)N=C(c2ccccc2)N1c1ccc(-c2ccc(N3C(=O)CSC3c3ccccc3O)cc2)cc1. The minimum Gasteiger partial charge on any atom is -0.508 e. The number of aliphatic imine (C=N–C) groups is 1. The number of carbonyl (C=O) groups is 2. The Hall–Kier alpha value is -4.62. The highest BCUT2D eigenvalue weighted by molar-refractivity contribution is 8.00. The molecule has 43 heavy (non-hydrogen) atoms. The maximum atomic E-state index is 13.8. The number of rotatable bonds is 5. The molecule has 0 bridgehead atoms. The Kier molecular flexibility index (Phi) is 7.33. The monoisotopic (exact) mass is 585 g/mol. The number of phenols is 1. The van der Waals surface area contributed by atoms with Gasteiger partial charge < -0.3 is 5.11 Å². The van der Waals surface area contributed by atoms with Crippen molar-refractivity contribution in [3.8, 4) is 16.9 Å². The van der Waals surface area contributed by atoms with Gasteiger partial charge in [-0.15, -0.1) is 11.8 Å². The van der Waals surface area contributed by atoms with Gasteiger partial charge in [0.05, 0.1) is 11.4 Å². The van der Waals surface area contributed by atoms with Crippen LogP contribution in [-0.2, 0) is 9.59 Å². The van der Waals surface area contributed by atoms with Crippen LogP contribution >= 0.6 is 11.8 Å². The molecule has 1 saturated carbocycles. The fourth-order valence-electron chi connectivity index (χ4n) is 6.12. The van der Waals surface area contributed by atoms with Crippen molar-refractivity contribution in [2.75, 3.05) is 15.6 Å². The Labute approximate surface area is 255 Å². The summed E-state index contributed by atoms with van der Waals surface area (Å²) in [5, 5.41) is 10.1. The molecule has 3 aliphatic rings. The van der Waals surface area contributed by atoms with Gasteiger partial charge in [-0.2, -0.15) is 0 Å². The van der Waals surface area contributed by atoms with Gasteiger partial charge in [-0.1, -0.05) is 79.2 Å². The number of hydrogen-bond donors (Lipinski definition) is 1. The van der Waals surface area contributed by atoms with E-state index < -0.39 is 0 Å². The molecule has 4 aromatic rings. The standard InChI is InChI=1S/C36H31N3O3S/c40-31-14-8-7-13-30(31)36-38(32(41)23-43-36)28-19-15-24(16-20-28)25-17-21-29(22-18-25)39-34(27-11-5-2-6-12-27)37-33(35(39)42)26-9-3-1-4-10-26/h2,5-8,11-22,36,40H,1,3-4,9-10,23H2. The van der Waals surface area contributed by atoms with Crippen LogP contribution in [0.15, 0.2) is 119 Å². The molecule has 0 radical (unpaired) electrons. The number of hydrogen-bond acceptors (Lipinski definition) is 5. The van der Waals surface area contributed by atoms with Crippen molar-refractivity contribution < 1.29 is 14.7 Å². The Morgan fingerprint density at radius 2 is 1.33 bits per heavy atom. The molecule has 1 unspecified atom stereocenters. The van der Waals surface area contributed by atoms with E-state index in [0.29, 0.717) is 17.3 Å². The normalized spacial score (nSPS) is 18.9. The third-order valence-corrected chi connectivity index (χ3v) is 9.53. The molecule has 6 nitrogen and oxygen atoms in total. The van der Waals surface area contributed by atoms with Crippen LogP contribution in [0.3, 0.4) is 0 Å². The maximum absolute atomic E-state index is 13.8. The van der Waals surface area contributed by atoms with Gasteiger partial charge in [-0.05, 0) is 72.7 Å². The molecule has 4 aromatic carbocycles. The minimum atomic E-state index is -0.272. The van der Waals surface area contributed by atoms with Crippen molar-refractivity contribution in [1.29, 1.82) is 0 Å². The second-order valence-electron chi connectivity index (χ2n) is 11.0. The van der Waals surface area contributed by atoms with Gasteiger partial charge in [0.15, 0.2) is 0 Å². The summed E-state index contributed by atoms with van der Waals surface area (Å²) >= 11 is 1.51. The summed E-state index contributed by atoms with van der Waals surface area (Å²) in [5.74, 6) is 1.19. The first kappa shape index (κ1) is 27.2. The second kappa shape index (κ2) is 11.6. The Balaban J connectivity index is 1.16. The molecule has 1 aliphatic carbocycles. The molecule has 7 heteroatoms. The van der Waals surface area contributed by atoms with E-state index in [4.69, 9.17) is 4.99 Å². The van der Waals surface area contributed by atoms with Gasteiger partial charge in [0.1, 0.15) is 22.7 Å². The number of aromatic hydroxyl groups is 1. The Bertz CT molecular complexity index is 1740. The molecule has 1 N–H and O–H groups in total. The van der Waals surface area contributed by atoms with E-state index >= 15 is 0 Å². The molecule has 2 fully saturated rings. The maximum Gasteiger partial charge on any atom is 0.282 e. The highest BCUT2D eigenvalue weighted by Gasteiger charge is 2.36. The summed E-state index contributed by atoms with van der Waals surface area (Å²) in [6, 6.07) is 33.0. The van der Waals surface area contributed by atoms with Crippen LogP contribution in [0.1, 0.15) is 48.6 Å². The fraction of sp³-hybridized carbons (Fsp3) is 0.194. The van der Waals surface area contributed by atoms with Crippen molar-refractivity contribution in [3.05, 3.63) is 126 Å². The average molecular weight is 586 g/mol. The lowest BCUT2D eigenvalue weighted by molar-refractivity contribution is -0.116. The molecule has 1 atom stereocenters. The number of amides is 2. The molecule has 2 aliphatic heterocycles. The third-order valence-electron chi connectivity index (χ3n) is 8.33. The number of thioether (sulfide) groups is 1. The van der Waals surface area contributed by atoms with Crippen LogP contribution < -0.4 is 9.80 Å². The number of allylic oxidation sites excluding steroid dienone is 1. The summed E-state index contributed by atoms with van der Waals surface area (Å²) in [4.78, 5) is 35.0. The van der Waals surface area contributed by atoms with Gasteiger partial charge in [0.2, 0.25) is 5.91 Å². The average Bonchev–Trinajstić information content (AvgIpc) is 3.62. The number of carbonyl (C=O) groups excluding carboxylic acids is 2. The van der Waals surface area contributed by atoms with Gasteiger partial charge in [-0.25, -0.2) is 4.99 Å². The molecule has 2 heterocycles. The highest BCUT2D eigenvalue weighted by atomic mass is 32.2. The number of para-hydroxylation sites is 1.